The first kappa shape index (κ1) is 14.2. The van der Waals surface area contributed by atoms with Crippen molar-refractivity contribution in [1.29, 1.82) is 0 Å². The van der Waals surface area contributed by atoms with Gasteiger partial charge in [0.2, 0.25) is 5.91 Å². The van der Waals surface area contributed by atoms with E-state index in [-0.39, 0.29) is 17.9 Å². The van der Waals surface area contributed by atoms with Crippen LogP contribution >= 0.6 is 0 Å². The monoisotopic (exact) mass is 249 g/mol. The van der Waals surface area contributed by atoms with E-state index in [0.717, 1.165) is 24.9 Å². The van der Waals surface area contributed by atoms with Crippen molar-refractivity contribution in [1.82, 2.24) is 4.90 Å². The standard InChI is InChI=1S/C14H19NO3/c1-3-4-8-15(2)13(16)10-11-6-5-7-12(9-11)14(17)18/h5-7,9H,3-4,8,10H2,1-2H3,(H,17,18). The smallest absolute Gasteiger partial charge is 0.335 e. The van der Waals surface area contributed by atoms with Gasteiger partial charge in [-0.05, 0) is 24.1 Å². The summed E-state index contributed by atoms with van der Waals surface area (Å²) in [6.45, 7) is 2.82. The van der Waals surface area contributed by atoms with E-state index in [1.165, 1.54) is 6.07 Å². The molecule has 0 fully saturated rings. The van der Waals surface area contributed by atoms with Gasteiger partial charge >= 0.3 is 5.97 Å². The molecule has 0 unspecified atom stereocenters. The van der Waals surface area contributed by atoms with E-state index in [1.807, 2.05) is 0 Å². The molecule has 98 valence electrons. The first-order chi connectivity index (χ1) is 8.54. The third kappa shape index (κ3) is 4.20. The zero-order valence-electron chi connectivity index (χ0n) is 10.8. The van der Waals surface area contributed by atoms with E-state index < -0.39 is 5.97 Å². The first-order valence-electron chi connectivity index (χ1n) is 6.10. The average Bonchev–Trinajstić information content (AvgIpc) is 2.36. The molecule has 0 saturated heterocycles. The Kier molecular flexibility index (Phi) is 5.36. The van der Waals surface area contributed by atoms with Crippen molar-refractivity contribution in [2.75, 3.05) is 13.6 Å². The molecule has 1 amide bonds. The molecule has 4 nitrogen and oxygen atoms in total. The largest absolute Gasteiger partial charge is 0.478 e. The van der Waals surface area contributed by atoms with Gasteiger partial charge in [0.25, 0.3) is 0 Å². The van der Waals surface area contributed by atoms with Crippen LogP contribution in [0, 0.1) is 0 Å². The number of carboxylic acids is 1. The molecule has 0 aliphatic rings. The summed E-state index contributed by atoms with van der Waals surface area (Å²) >= 11 is 0. The molecule has 1 aromatic carbocycles. The van der Waals surface area contributed by atoms with E-state index in [0.29, 0.717) is 0 Å². The van der Waals surface area contributed by atoms with Gasteiger partial charge in [-0.3, -0.25) is 4.79 Å². The summed E-state index contributed by atoms with van der Waals surface area (Å²) in [5.41, 5.74) is 0.958. The Bertz CT molecular complexity index is 429. The fourth-order valence-electron chi connectivity index (χ4n) is 1.64. The van der Waals surface area contributed by atoms with Crippen molar-refractivity contribution in [2.45, 2.75) is 26.2 Å². The van der Waals surface area contributed by atoms with Crippen LogP contribution in [-0.4, -0.2) is 35.5 Å². The van der Waals surface area contributed by atoms with Crippen molar-refractivity contribution in [2.24, 2.45) is 0 Å². The fourth-order valence-corrected chi connectivity index (χ4v) is 1.64. The van der Waals surface area contributed by atoms with Gasteiger partial charge in [-0.25, -0.2) is 4.79 Å². The molecular weight excluding hydrogens is 230 g/mol. The minimum Gasteiger partial charge on any atom is -0.478 e. The van der Waals surface area contributed by atoms with Crippen LogP contribution in [-0.2, 0) is 11.2 Å². The molecule has 0 aromatic heterocycles. The number of likely N-dealkylation sites (N-methyl/N-ethyl adjacent to an activating group) is 1. The van der Waals surface area contributed by atoms with Gasteiger partial charge in [0, 0.05) is 13.6 Å². The van der Waals surface area contributed by atoms with Crippen LogP contribution in [0.1, 0.15) is 35.7 Å². The van der Waals surface area contributed by atoms with E-state index >= 15 is 0 Å². The Morgan fingerprint density at radius 1 is 1.33 bits per heavy atom. The number of unbranched alkanes of at least 4 members (excludes halogenated alkanes) is 1. The summed E-state index contributed by atoms with van der Waals surface area (Å²) in [6.07, 6.45) is 2.28. The second-order valence-electron chi connectivity index (χ2n) is 4.35. The Morgan fingerprint density at radius 2 is 2.06 bits per heavy atom. The lowest BCUT2D eigenvalue weighted by molar-refractivity contribution is -0.129. The molecule has 0 atom stereocenters. The predicted molar refractivity (Wildman–Crippen MR) is 69.7 cm³/mol. The molecule has 1 aromatic rings. The van der Waals surface area contributed by atoms with Gasteiger partial charge in [0.05, 0.1) is 12.0 Å². The van der Waals surface area contributed by atoms with Gasteiger partial charge in [-0.2, -0.15) is 0 Å². The highest BCUT2D eigenvalue weighted by Crippen LogP contribution is 2.07. The highest BCUT2D eigenvalue weighted by Gasteiger charge is 2.10. The predicted octanol–water partition coefficient (Wildman–Crippen LogP) is 2.19. The van der Waals surface area contributed by atoms with Crippen LogP contribution in [0.3, 0.4) is 0 Å². The van der Waals surface area contributed by atoms with Crippen molar-refractivity contribution >= 4 is 11.9 Å². The van der Waals surface area contributed by atoms with E-state index in [1.54, 1.807) is 30.1 Å². The van der Waals surface area contributed by atoms with Crippen LogP contribution in [0.2, 0.25) is 0 Å². The van der Waals surface area contributed by atoms with E-state index in [4.69, 9.17) is 5.11 Å². The Morgan fingerprint density at radius 3 is 2.67 bits per heavy atom. The second-order valence-corrected chi connectivity index (χ2v) is 4.35. The zero-order valence-corrected chi connectivity index (χ0v) is 10.8. The topological polar surface area (TPSA) is 57.6 Å². The normalized spacial score (nSPS) is 10.1. The summed E-state index contributed by atoms with van der Waals surface area (Å²) in [5, 5.41) is 8.87. The molecule has 0 spiro atoms. The first-order valence-corrected chi connectivity index (χ1v) is 6.10. The van der Waals surface area contributed by atoms with Gasteiger partial charge in [-0.1, -0.05) is 25.5 Å². The number of benzene rings is 1. The van der Waals surface area contributed by atoms with Gasteiger partial charge in [0.15, 0.2) is 0 Å². The zero-order chi connectivity index (χ0) is 13.5. The number of hydrogen-bond donors (Lipinski definition) is 1. The summed E-state index contributed by atoms with van der Waals surface area (Å²) in [5.74, 6) is -0.949. The number of amides is 1. The third-order valence-electron chi connectivity index (χ3n) is 2.80. The Hall–Kier alpha value is -1.84. The van der Waals surface area contributed by atoms with Crippen LogP contribution in [0.4, 0.5) is 0 Å². The van der Waals surface area contributed by atoms with Crippen molar-refractivity contribution in [3.8, 4) is 0 Å². The summed E-state index contributed by atoms with van der Waals surface area (Å²) in [7, 11) is 1.78. The Labute approximate surface area is 107 Å². The maximum Gasteiger partial charge on any atom is 0.335 e. The summed E-state index contributed by atoms with van der Waals surface area (Å²) < 4.78 is 0. The lowest BCUT2D eigenvalue weighted by Gasteiger charge is -2.16. The second kappa shape index (κ2) is 6.79. The Balaban J connectivity index is 2.64. The van der Waals surface area contributed by atoms with Crippen molar-refractivity contribution in [3.05, 3.63) is 35.4 Å². The number of aromatic carboxylic acids is 1. The molecule has 0 heterocycles. The third-order valence-corrected chi connectivity index (χ3v) is 2.80. The molecule has 0 aliphatic heterocycles. The average molecular weight is 249 g/mol. The maximum atomic E-state index is 11.9. The maximum absolute atomic E-state index is 11.9. The number of carbonyl (C=O) groups is 2. The number of rotatable bonds is 6. The van der Waals surface area contributed by atoms with Crippen LogP contribution < -0.4 is 0 Å². The van der Waals surface area contributed by atoms with Gasteiger partial charge < -0.3 is 10.0 Å². The minimum atomic E-state index is -0.969. The van der Waals surface area contributed by atoms with E-state index in [9.17, 15) is 9.59 Å². The molecule has 0 bridgehead atoms. The molecule has 0 aliphatic carbocycles. The molecule has 1 rings (SSSR count). The number of hydrogen-bond acceptors (Lipinski definition) is 2. The van der Waals surface area contributed by atoms with E-state index in [2.05, 4.69) is 6.92 Å². The molecule has 4 heteroatoms. The van der Waals surface area contributed by atoms with Crippen LogP contribution in [0.25, 0.3) is 0 Å². The number of carbonyl (C=O) groups excluding carboxylic acids is 1. The summed E-state index contributed by atoms with van der Waals surface area (Å²) in [6, 6.07) is 6.51. The van der Waals surface area contributed by atoms with Gasteiger partial charge in [-0.15, -0.1) is 0 Å². The fraction of sp³-hybridized carbons (Fsp3) is 0.429. The summed E-state index contributed by atoms with van der Waals surface area (Å²) in [4.78, 5) is 24.4. The number of carboxylic acid groups (broad SMARTS) is 1. The highest BCUT2D eigenvalue weighted by molar-refractivity contribution is 5.88. The number of nitrogens with zero attached hydrogens (tertiary/aromatic N) is 1. The van der Waals surface area contributed by atoms with Gasteiger partial charge in [0.1, 0.15) is 0 Å². The molecule has 1 N–H and O–H groups in total. The minimum absolute atomic E-state index is 0.0194. The van der Waals surface area contributed by atoms with Crippen LogP contribution in [0.5, 0.6) is 0 Å². The lowest BCUT2D eigenvalue weighted by atomic mass is 10.1. The molecule has 0 saturated carbocycles. The lowest BCUT2D eigenvalue weighted by Crippen LogP contribution is -2.29. The quantitative estimate of drug-likeness (QED) is 0.840. The molecule has 0 radical (unpaired) electrons. The molecule has 18 heavy (non-hydrogen) atoms. The highest BCUT2D eigenvalue weighted by atomic mass is 16.4. The van der Waals surface area contributed by atoms with Crippen LogP contribution in [0.15, 0.2) is 24.3 Å². The van der Waals surface area contributed by atoms with Crippen molar-refractivity contribution < 1.29 is 14.7 Å². The molecular formula is C14H19NO3. The van der Waals surface area contributed by atoms with Crippen molar-refractivity contribution in [3.63, 3.8) is 0 Å². The SMILES string of the molecule is CCCCN(C)C(=O)Cc1cccc(C(=O)O)c1.